The highest BCUT2D eigenvalue weighted by atomic mass is 16.1. The van der Waals surface area contributed by atoms with E-state index in [1.54, 1.807) is 0 Å². The summed E-state index contributed by atoms with van der Waals surface area (Å²) in [5.41, 5.74) is 6.10. The van der Waals surface area contributed by atoms with Gasteiger partial charge >= 0.3 is 0 Å². The standard InChI is InChI=1S/C24H31N3O/c1-4-5-6-7-8-9-14-25-24(28)20-11-13-23-21(16-20)26-17-27(23)22-12-10-18(2)15-19(22)3/h10-13,15-17H,4-9,14H2,1-3H3,(H,25,28). The lowest BCUT2D eigenvalue weighted by atomic mass is 10.1. The van der Waals surface area contributed by atoms with Crippen LogP contribution in [0.4, 0.5) is 0 Å². The molecular weight excluding hydrogens is 346 g/mol. The van der Waals surface area contributed by atoms with E-state index in [0.717, 1.165) is 29.7 Å². The predicted molar refractivity (Wildman–Crippen MR) is 116 cm³/mol. The topological polar surface area (TPSA) is 46.9 Å². The van der Waals surface area contributed by atoms with E-state index >= 15 is 0 Å². The van der Waals surface area contributed by atoms with Gasteiger partial charge in [-0.15, -0.1) is 0 Å². The number of nitrogens with zero attached hydrogens (tertiary/aromatic N) is 2. The van der Waals surface area contributed by atoms with Crippen LogP contribution in [0.2, 0.25) is 0 Å². The fraction of sp³-hybridized carbons (Fsp3) is 0.417. The second kappa shape index (κ2) is 9.54. The van der Waals surface area contributed by atoms with Crippen molar-refractivity contribution in [3.63, 3.8) is 0 Å². The summed E-state index contributed by atoms with van der Waals surface area (Å²) in [7, 11) is 0. The van der Waals surface area contributed by atoms with E-state index in [9.17, 15) is 4.79 Å². The van der Waals surface area contributed by atoms with Crippen molar-refractivity contribution >= 4 is 16.9 Å². The van der Waals surface area contributed by atoms with Crippen molar-refractivity contribution in [2.75, 3.05) is 6.54 Å². The van der Waals surface area contributed by atoms with Gasteiger partial charge in [-0.05, 0) is 50.1 Å². The zero-order valence-electron chi connectivity index (χ0n) is 17.3. The Morgan fingerprint density at radius 3 is 2.57 bits per heavy atom. The smallest absolute Gasteiger partial charge is 0.251 e. The zero-order valence-corrected chi connectivity index (χ0v) is 17.3. The number of amides is 1. The van der Waals surface area contributed by atoms with E-state index in [1.165, 1.54) is 43.2 Å². The molecule has 0 unspecified atom stereocenters. The molecule has 1 heterocycles. The molecule has 28 heavy (non-hydrogen) atoms. The van der Waals surface area contributed by atoms with Gasteiger partial charge in [-0.25, -0.2) is 4.98 Å². The van der Waals surface area contributed by atoms with Crippen molar-refractivity contribution in [3.05, 3.63) is 59.4 Å². The molecule has 0 saturated heterocycles. The molecule has 0 aliphatic heterocycles. The minimum atomic E-state index is -0.0171. The van der Waals surface area contributed by atoms with Crippen LogP contribution in [0.25, 0.3) is 16.7 Å². The number of hydrogen-bond acceptors (Lipinski definition) is 2. The van der Waals surface area contributed by atoms with E-state index in [4.69, 9.17) is 0 Å². The van der Waals surface area contributed by atoms with Crippen LogP contribution >= 0.6 is 0 Å². The van der Waals surface area contributed by atoms with Crippen molar-refractivity contribution < 1.29 is 4.79 Å². The highest BCUT2D eigenvalue weighted by Crippen LogP contribution is 2.22. The summed E-state index contributed by atoms with van der Waals surface area (Å²) in [4.78, 5) is 17.0. The Kier molecular flexibility index (Phi) is 6.85. The Bertz CT molecular complexity index is 942. The van der Waals surface area contributed by atoms with Crippen LogP contribution in [-0.2, 0) is 0 Å². The molecular formula is C24H31N3O. The average molecular weight is 378 g/mol. The third kappa shape index (κ3) is 4.80. The minimum absolute atomic E-state index is 0.0171. The second-order valence-electron chi connectivity index (χ2n) is 7.63. The van der Waals surface area contributed by atoms with Gasteiger partial charge in [0.25, 0.3) is 5.91 Å². The van der Waals surface area contributed by atoms with Crippen LogP contribution in [0, 0.1) is 13.8 Å². The van der Waals surface area contributed by atoms with E-state index in [0.29, 0.717) is 5.56 Å². The summed E-state index contributed by atoms with van der Waals surface area (Å²) in [5.74, 6) is -0.0171. The number of carbonyl (C=O) groups is 1. The molecule has 0 fully saturated rings. The van der Waals surface area contributed by atoms with Crippen LogP contribution in [0.1, 0.15) is 66.9 Å². The normalized spacial score (nSPS) is 11.1. The fourth-order valence-electron chi connectivity index (χ4n) is 3.63. The molecule has 0 radical (unpaired) electrons. The van der Waals surface area contributed by atoms with Gasteiger partial charge in [0.05, 0.1) is 16.7 Å². The Hall–Kier alpha value is -2.62. The number of hydrogen-bond donors (Lipinski definition) is 1. The van der Waals surface area contributed by atoms with Gasteiger partial charge in [0, 0.05) is 12.1 Å². The first-order valence-electron chi connectivity index (χ1n) is 10.4. The molecule has 0 bridgehead atoms. The summed E-state index contributed by atoms with van der Waals surface area (Å²) in [6, 6.07) is 12.2. The molecule has 148 valence electrons. The third-order valence-corrected chi connectivity index (χ3v) is 5.24. The molecule has 0 aliphatic carbocycles. The third-order valence-electron chi connectivity index (χ3n) is 5.24. The number of aromatic nitrogens is 2. The van der Waals surface area contributed by atoms with E-state index in [2.05, 4.69) is 53.8 Å². The monoisotopic (exact) mass is 377 g/mol. The molecule has 3 rings (SSSR count). The molecule has 0 atom stereocenters. The maximum absolute atomic E-state index is 12.4. The van der Waals surface area contributed by atoms with Gasteiger partial charge in [0.1, 0.15) is 6.33 Å². The van der Waals surface area contributed by atoms with Gasteiger partial charge in [0.15, 0.2) is 0 Å². The second-order valence-corrected chi connectivity index (χ2v) is 7.63. The number of fused-ring (bicyclic) bond motifs is 1. The highest BCUT2D eigenvalue weighted by Gasteiger charge is 2.11. The molecule has 0 aliphatic rings. The predicted octanol–water partition coefficient (Wildman–Crippen LogP) is 5.73. The Morgan fingerprint density at radius 2 is 1.79 bits per heavy atom. The van der Waals surface area contributed by atoms with Gasteiger partial charge in [0.2, 0.25) is 0 Å². The molecule has 1 N–H and O–H groups in total. The summed E-state index contributed by atoms with van der Waals surface area (Å²) < 4.78 is 2.09. The van der Waals surface area contributed by atoms with Gasteiger partial charge < -0.3 is 5.32 Å². The van der Waals surface area contributed by atoms with Gasteiger partial charge in [-0.3, -0.25) is 9.36 Å². The Morgan fingerprint density at radius 1 is 1.00 bits per heavy atom. The number of benzene rings is 2. The number of aryl methyl sites for hydroxylation is 2. The quantitative estimate of drug-likeness (QED) is 0.484. The maximum atomic E-state index is 12.4. The Balaban J connectivity index is 1.64. The lowest BCUT2D eigenvalue weighted by Crippen LogP contribution is -2.24. The molecule has 0 spiro atoms. The molecule has 2 aromatic carbocycles. The number of imidazole rings is 1. The number of carbonyl (C=O) groups excluding carboxylic acids is 1. The summed E-state index contributed by atoms with van der Waals surface area (Å²) in [5, 5.41) is 3.03. The lowest BCUT2D eigenvalue weighted by molar-refractivity contribution is 0.0953. The molecule has 4 heteroatoms. The minimum Gasteiger partial charge on any atom is -0.352 e. The Labute approximate surface area is 168 Å². The zero-order chi connectivity index (χ0) is 19.9. The SMILES string of the molecule is CCCCCCCCNC(=O)c1ccc2c(c1)ncn2-c1ccc(C)cc1C. The van der Waals surface area contributed by atoms with Crippen molar-refractivity contribution in [2.24, 2.45) is 0 Å². The average Bonchev–Trinajstić information content (AvgIpc) is 3.10. The number of unbranched alkanes of at least 4 members (excludes halogenated alkanes) is 5. The molecule has 1 aromatic heterocycles. The van der Waals surface area contributed by atoms with Gasteiger partial charge in [-0.2, -0.15) is 0 Å². The molecule has 4 nitrogen and oxygen atoms in total. The number of rotatable bonds is 9. The maximum Gasteiger partial charge on any atom is 0.251 e. The molecule has 0 saturated carbocycles. The first kappa shape index (κ1) is 20.1. The highest BCUT2D eigenvalue weighted by molar-refractivity contribution is 5.97. The van der Waals surface area contributed by atoms with Gasteiger partial charge in [-0.1, -0.05) is 56.7 Å². The van der Waals surface area contributed by atoms with Crippen molar-refractivity contribution in [1.82, 2.24) is 14.9 Å². The lowest BCUT2D eigenvalue weighted by Gasteiger charge is -2.09. The van der Waals surface area contributed by atoms with Crippen molar-refractivity contribution in [2.45, 2.75) is 59.3 Å². The van der Waals surface area contributed by atoms with E-state index in [-0.39, 0.29) is 5.91 Å². The summed E-state index contributed by atoms with van der Waals surface area (Å²) >= 11 is 0. The van der Waals surface area contributed by atoms with Crippen molar-refractivity contribution in [3.8, 4) is 5.69 Å². The van der Waals surface area contributed by atoms with Crippen LogP contribution in [0.3, 0.4) is 0 Å². The van der Waals surface area contributed by atoms with Crippen LogP contribution < -0.4 is 5.32 Å². The van der Waals surface area contributed by atoms with Crippen LogP contribution in [0.15, 0.2) is 42.7 Å². The first-order valence-corrected chi connectivity index (χ1v) is 10.4. The van der Waals surface area contributed by atoms with E-state index < -0.39 is 0 Å². The largest absolute Gasteiger partial charge is 0.352 e. The first-order chi connectivity index (χ1) is 13.6. The van der Waals surface area contributed by atoms with Crippen molar-refractivity contribution in [1.29, 1.82) is 0 Å². The summed E-state index contributed by atoms with van der Waals surface area (Å²) in [6.07, 6.45) is 9.17. The molecule has 3 aromatic rings. The summed E-state index contributed by atoms with van der Waals surface area (Å²) in [6.45, 7) is 7.17. The van der Waals surface area contributed by atoms with Crippen LogP contribution in [0.5, 0.6) is 0 Å². The fourth-order valence-corrected chi connectivity index (χ4v) is 3.63. The van der Waals surface area contributed by atoms with E-state index in [1.807, 2.05) is 24.5 Å². The van der Waals surface area contributed by atoms with Crippen LogP contribution in [-0.4, -0.2) is 22.0 Å². The molecule has 1 amide bonds. The number of nitrogens with one attached hydrogen (secondary N) is 1.